The van der Waals surface area contributed by atoms with Gasteiger partial charge in [-0.15, -0.1) is 11.8 Å². The Morgan fingerprint density at radius 1 is 1.09 bits per heavy atom. The standard InChI is InChI=1S/C16H18BrNO2S2/c1-12-7-8-14(11-13(12)2)21-10-9-18-22(19,20)16-6-4-3-5-15(16)17/h3-8,11,18H,9-10H2,1-2H3. The first-order valence-corrected chi connectivity index (χ1v) is 10.1. The molecule has 0 amide bonds. The first-order chi connectivity index (χ1) is 10.4. The fraction of sp³-hybridized carbons (Fsp3) is 0.250. The maximum absolute atomic E-state index is 12.2. The Kier molecular flexibility index (Phi) is 6.09. The zero-order chi connectivity index (χ0) is 16.2. The summed E-state index contributed by atoms with van der Waals surface area (Å²) in [5, 5.41) is 0. The molecule has 0 fully saturated rings. The summed E-state index contributed by atoms with van der Waals surface area (Å²) in [7, 11) is -3.47. The van der Waals surface area contributed by atoms with E-state index >= 15 is 0 Å². The van der Waals surface area contributed by atoms with Crippen LogP contribution in [0.5, 0.6) is 0 Å². The zero-order valence-corrected chi connectivity index (χ0v) is 15.7. The van der Waals surface area contributed by atoms with Gasteiger partial charge in [-0.2, -0.15) is 0 Å². The monoisotopic (exact) mass is 399 g/mol. The third-order valence-electron chi connectivity index (χ3n) is 3.27. The van der Waals surface area contributed by atoms with Crippen LogP contribution in [-0.2, 0) is 10.0 Å². The molecule has 0 saturated carbocycles. The minimum atomic E-state index is -3.47. The Bertz CT molecular complexity index is 760. The number of aryl methyl sites for hydroxylation is 2. The molecule has 0 spiro atoms. The number of sulfonamides is 1. The highest BCUT2D eigenvalue weighted by atomic mass is 79.9. The predicted octanol–water partition coefficient (Wildman–Crippen LogP) is 4.14. The summed E-state index contributed by atoms with van der Waals surface area (Å²) in [6, 6.07) is 13.1. The lowest BCUT2D eigenvalue weighted by Crippen LogP contribution is -2.26. The van der Waals surface area contributed by atoms with Gasteiger partial charge in [0.25, 0.3) is 0 Å². The van der Waals surface area contributed by atoms with Crippen LogP contribution in [0.25, 0.3) is 0 Å². The maximum Gasteiger partial charge on any atom is 0.241 e. The topological polar surface area (TPSA) is 46.2 Å². The van der Waals surface area contributed by atoms with Crippen molar-refractivity contribution in [3.05, 3.63) is 58.1 Å². The minimum Gasteiger partial charge on any atom is -0.210 e. The second kappa shape index (κ2) is 7.64. The van der Waals surface area contributed by atoms with E-state index in [1.807, 2.05) is 0 Å². The van der Waals surface area contributed by atoms with Crippen LogP contribution in [0.2, 0.25) is 0 Å². The van der Waals surface area contributed by atoms with Gasteiger partial charge in [0.1, 0.15) is 0 Å². The van der Waals surface area contributed by atoms with E-state index in [0.717, 1.165) is 4.90 Å². The molecule has 3 nitrogen and oxygen atoms in total. The second-order valence-electron chi connectivity index (χ2n) is 4.92. The van der Waals surface area contributed by atoms with E-state index in [9.17, 15) is 8.42 Å². The highest BCUT2D eigenvalue weighted by Crippen LogP contribution is 2.22. The molecule has 0 aliphatic heterocycles. The van der Waals surface area contributed by atoms with Gasteiger partial charge in [0, 0.05) is 21.7 Å². The van der Waals surface area contributed by atoms with Crippen molar-refractivity contribution in [2.24, 2.45) is 0 Å². The van der Waals surface area contributed by atoms with Crippen molar-refractivity contribution in [2.45, 2.75) is 23.6 Å². The summed E-state index contributed by atoms with van der Waals surface area (Å²) in [5.41, 5.74) is 2.51. The summed E-state index contributed by atoms with van der Waals surface area (Å²) < 4.78 is 27.6. The lowest BCUT2D eigenvalue weighted by atomic mass is 10.1. The number of hydrogen-bond acceptors (Lipinski definition) is 3. The van der Waals surface area contributed by atoms with Crippen molar-refractivity contribution in [2.75, 3.05) is 12.3 Å². The predicted molar refractivity (Wildman–Crippen MR) is 96.0 cm³/mol. The van der Waals surface area contributed by atoms with Crippen molar-refractivity contribution in [3.8, 4) is 0 Å². The van der Waals surface area contributed by atoms with E-state index in [1.54, 1.807) is 36.0 Å². The van der Waals surface area contributed by atoms with Gasteiger partial charge in [0.05, 0.1) is 4.90 Å². The van der Waals surface area contributed by atoms with Gasteiger partial charge < -0.3 is 0 Å². The summed E-state index contributed by atoms with van der Waals surface area (Å²) in [6.07, 6.45) is 0. The Hall–Kier alpha value is -0.820. The van der Waals surface area contributed by atoms with Crippen molar-refractivity contribution in [3.63, 3.8) is 0 Å². The molecule has 22 heavy (non-hydrogen) atoms. The molecular formula is C16H18BrNO2S2. The molecule has 2 aromatic rings. The highest BCUT2D eigenvalue weighted by molar-refractivity contribution is 9.10. The molecule has 2 aromatic carbocycles. The first-order valence-electron chi connectivity index (χ1n) is 6.84. The van der Waals surface area contributed by atoms with Gasteiger partial charge in [-0.1, -0.05) is 18.2 Å². The van der Waals surface area contributed by atoms with Gasteiger partial charge in [0.2, 0.25) is 10.0 Å². The molecule has 1 N–H and O–H groups in total. The first kappa shape index (κ1) is 17.5. The highest BCUT2D eigenvalue weighted by Gasteiger charge is 2.16. The second-order valence-corrected chi connectivity index (χ2v) is 8.68. The molecule has 0 heterocycles. The van der Waals surface area contributed by atoms with E-state index in [0.29, 0.717) is 16.8 Å². The van der Waals surface area contributed by atoms with E-state index < -0.39 is 10.0 Å². The van der Waals surface area contributed by atoms with E-state index in [2.05, 4.69) is 52.7 Å². The average molecular weight is 400 g/mol. The number of hydrogen-bond donors (Lipinski definition) is 1. The molecule has 0 atom stereocenters. The lowest BCUT2D eigenvalue weighted by molar-refractivity contribution is 0.583. The normalized spacial score (nSPS) is 11.6. The van der Waals surface area contributed by atoms with Crippen molar-refractivity contribution in [1.82, 2.24) is 4.72 Å². The van der Waals surface area contributed by atoms with Crippen molar-refractivity contribution >= 4 is 37.7 Å². The van der Waals surface area contributed by atoms with Crippen molar-refractivity contribution < 1.29 is 8.42 Å². The van der Waals surface area contributed by atoms with Crippen LogP contribution in [0.3, 0.4) is 0 Å². The summed E-state index contributed by atoms with van der Waals surface area (Å²) in [5.74, 6) is 0.687. The van der Waals surface area contributed by atoms with Gasteiger partial charge in [0.15, 0.2) is 0 Å². The van der Waals surface area contributed by atoms with Gasteiger partial charge in [-0.25, -0.2) is 13.1 Å². The Morgan fingerprint density at radius 2 is 1.82 bits per heavy atom. The van der Waals surface area contributed by atoms with E-state index in [-0.39, 0.29) is 4.90 Å². The lowest BCUT2D eigenvalue weighted by Gasteiger charge is -2.09. The Labute approximate surface area is 144 Å². The number of rotatable bonds is 6. The molecule has 6 heteroatoms. The summed E-state index contributed by atoms with van der Waals surface area (Å²) in [6.45, 7) is 4.55. The van der Waals surface area contributed by atoms with E-state index in [1.165, 1.54) is 11.1 Å². The van der Waals surface area contributed by atoms with Crippen molar-refractivity contribution in [1.29, 1.82) is 0 Å². The molecule has 0 aliphatic rings. The number of thioether (sulfide) groups is 1. The largest absolute Gasteiger partial charge is 0.241 e. The maximum atomic E-state index is 12.2. The quantitative estimate of drug-likeness (QED) is 0.586. The molecule has 0 unspecified atom stereocenters. The molecule has 0 bridgehead atoms. The van der Waals surface area contributed by atoms with Crippen LogP contribution in [0.4, 0.5) is 0 Å². The molecule has 2 rings (SSSR count). The SMILES string of the molecule is Cc1ccc(SCCNS(=O)(=O)c2ccccc2Br)cc1C. The van der Waals surface area contributed by atoms with E-state index in [4.69, 9.17) is 0 Å². The third kappa shape index (κ3) is 4.59. The van der Waals surface area contributed by atoms with Crippen LogP contribution in [0.1, 0.15) is 11.1 Å². The number of nitrogens with one attached hydrogen (secondary N) is 1. The minimum absolute atomic E-state index is 0.270. The van der Waals surface area contributed by atoms with Gasteiger partial charge in [-0.05, 0) is 65.2 Å². The summed E-state index contributed by atoms with van der Waals surface area (Å²) in [4.78, 5) is 1.43. The summed E-state index contributed by atoms with van der Waals surface area (Å²) >= 11 is 4.91. The van der Waals surface area contributed by atoms with Crippen LogP contribution in [0, 0.1) is 13.8 Å². The van der Waals surface area contributed by atoms with Crippen LogP contribution >= 0.6 is 27.7 Å². The molecule has 0 aliphatic carbocycles. The van der Waals surface area contributed by atoms with Crippen LogP contribution in [0.15, 0.2) is 56.7 Å². The average Bonchev–Trinajstić information content (AvgIpc) is 2.47. The fourth-order valence-electron chi connectivity index (χ4n) is 1.89. The number of halogens is 1. The third-order valence-corrected chi connectivity index (χ3v) is 6.74. The molecular weight excluding hydrogens is 382 g/mol. The zero-order valence-electron chi connectivity index (χ0n) is 12.5. The molecule has 0 aromatic heterocycles. The van der Waals surface area contributed by atoms with Crippen LogP contribution < -0.4 is 4.72 Å². The van der Waals surface area contributed by atoms with Gasteiger partial charge in [-0.3, -0.25) is 0 Å². The van der Waals surface area contributed by atoms with Crippen LogP contribution in [-0.4, -0.2) is 20.7 Å². The number of benzene rings is 2. The fourth-order valence-corrected chi connectivity index (χ4v) is 4.92. The Morgan fingerprint density at radius 3 is 2.50 bits per heavy atom. The smallest absolute Gasteiger partial charge is 0.210 e. The molecule has 0 saturated heterocycles. The molecule has 118 valence electrons. The Balaban J connectivity index is 1.91. The molecule has 0 radical (unpaired) electrons. The van der Waals surface area contributed by atoms with Gasteiger partial charge >= 0.3 is 0 Å².